The van der Waals surface area contributed by atoms with Gasteiger partial charge in [-0.05, 0) is 30.0 Å². The number of carbonyl (C=O) groups is 1. The zero-order valence-corrected chi connectivity index (χ0v) is 14.7. The number of nitrogens with one attached hydrogen (secondary N) is 2. The Hall–Kier alpha value is -3.14. The van der Waals surface area contributed by atoms with Crippen LogP contribution in [0.2, 0.25) is 0 Å². The molecule has 26 heavy (non-hydrogen) atoms. The summed E-state index contributed by atoms with van der Waals surface area (Å²) < 4.78 is 0. The minimum absolute atomic E-state index is 0.0971. The van der Waals surface area contributed by atoms with E-state index in [-0.39, 0.29) is 5.91 Å². The Kier molecular flexibility index (Phi) is 6.37. The molecule has 0 bridgehead atoms. The highest BCUT2D eigenvalue weighted by molar-refractivity contribution is 5.94. The van der Waals surface area contributed by atoms with Crippen LogP contribution in [0.15, 0.2) is 79.1 Å². The second-order valence-electron chi connectivity index (χ2n) is 6.12. The fourth-order valence-corrected chi connectivity index (χ4v) is 2.72. The Balaban J connectivity index is 1.47. The van der Waals surface area contributed by atoms with Gasteiger partial charge in [-0.15, -0.1) is 0 Å². The van der Waals surface area contributed by atoms with Gasteiger partial charge in [-0.3, -0.25) is 9.78 Å². The smallest absolute Gasteiger partial charge is 0.252 e. The number of hydrogen-bond donors (Lipinski definition) is 2. The fourth-order valence-electron chi connectivity index (χ4n) is 2.72. The molecule has 4 nitrogen and oxygen atoms in total. The van der Waals surface area contributed by atoms with Gasteiger partial charge in [0.1, 0.15) is 0 Å². The predicted octanol–water partition coefficient (Wildman–Crippen LogP) is 3.71. The van der Waals surface area contributed by atoms with Gasteiger partial charge >= 0.3 is 0 Å². The molecule has 4 heteroatoms. The van der Waals surface area contributed by atoms with Crippen molar-refractivity contribution >= 4 is 11.6 Å². The van der Waals surface area contributed by atoms with Crippen molar-refractivity contribution < 1.29 is 4.79 Å². The average Bonchev–Trinajstić information content (AvgIpc) is 2.70. The Morgan fingerprint density at radius 1 is 0.808 bits per heavy atom. The van der Waals surface area contributed by atoms with Crippen molar-refractivity contribution in [3.05, 3.63) is 95.8 Å². The molecule has 3 aromatic rings. The minimum atomic E-state index is -0.0971. The predicted molar refractivity (Wildman–Crippen MR) is 105 cm³/mol. The second kappa shape index (κ2) is 9.37. The van der Waals surface area contributed by atoms with Crippen LogP contribution in [0.25, 0.3) is 0 Å². The van der Waals surface area contributed by atoms with Gasteiger partial charge in [0.15, 0.2) is 0 Å². The summed E-state index contributed by atoms with van der Waals surface area (Å²) in [5.74, 6) is -0.0971. The number of rotatable bonds is 8. The molecule has 0 fully saturated rings. The van der Waals surface area contributed by atoms with E-state index in [9.17, 15) is 4.79 Å². The number of benzene rings is 2. The Labute approximate surface area is 154 Å². The quantitative estimate of drug-likeness (QED) is 0.654. The molecule has 1 aromatic heterocycles. The first-order valence-corrected chi connectivity index (χ1v) is 8.86. The van der Waals surface area contributed by atoms with Crippen molar-refractivity contribution in [1.29, 1.82) is 0 Å². The number of nitrogens with zero attached hydrogens (tertiary/aromatic N) is 1. The number of pyridine rings is 1. The molecule has 0 aliphatic rings. The molecule has 3 rings (SSSR count). The van der Waals surface area contributed by atoms with E-state index >= 15 is 0 Å². The third-order valence-electron chi connectivity index (χ3n) is 4.13. The van der Waals surface area contributed by atoms with E-state index in [4.69, 9.17) is 0 Å². The van der Waals surface area contributed by atoms with E-state index in [1.54, 1.807) is 12.4 Å². The van der Waals surface area contributed by atoms with Gasteiger partial charge in [-0.2, -0.15) is 0 Å². The standard InChI is InChI=1S/C22H23N3O/c26-22(25-14-12-19-9-5-2-6-10-19)20-15-21(17-23-16-20)24-13-11-18-7-3-1-4-8-18/h1-10,15-17,24H,11-14H2,(H,25,26). The van der Waals surface area contributed by atoms with E-state index in [2.05, 4.69) is 39.9 Å². The van der Waals surface area contributed by atoms with Crippen LogP contribution in [0.5, 0.6) is 0 Å². The van der Waals surface area contributed by atoms with Crippen molar-refractivity contribution in [1.82, 2.24) is 10.3 Å². The molecule has 0 radical (unpaired) electrons. The van der Waals surface area contributed by atoms with Crippen LogP contribution in [0.3, 0.4) is 0 Å². The van der Waals surface area contributed by atoms with E-state index in [0.717, 1.165) is 25.1 Å². The summed E-state index contributed by atoms with van der Waals surface area (Å²) in [7, 11) is 0. The third kappa shape index (κ3) is 5.45. The van der Waals surface area contributed by atoms with Gasteiger partial charge in [0.2, 0.25) is 0 Å². The summed E-state index contributed by atoms with van der Waals surface area (Å²) >= 11 is 0. The molecule has 2 aromatic carbocycles. The van der Waals surface area contributed by atoms with E-state index < -0.39 is 0 Å². The molecule has 0 atom stereocenters. The summed E-state index contributed by atoms with van der Waals surface area (Å²) in [4.78, 5) is 16.5. The normalized spacial score (nSPS) is 10.3. The maximum atomic E-state index is 12.3. The average molecular weight is 345 g/mol. The molecule has 0 saturated heterocycles. The first-order chi connectivity index (χ1) is 12.8. The number of aromatic nitrogens is 1. The van der Waals surface area contributed by atoms with Crippen LogP contribution >= 0.6 is 0 Å². The van der Waals surface area contributed by atoms with Crippen LogP contribution in [0.4, 0.5) is 5.69 Å². The zero-order chi connectivity index (χ0) is 18.0. The zero-order valence-electron chi connectivity index (χ0n) is 14.7. The number of carbonyl (C=O) groups excluding carboxylic acids is 1. The molecule has 0 spiro atoms. The maximum Gasteiger partial charge on any atom is 0.252 e. The Morgan fingerprint density at radius 3 is 2.08 bits per heavy atom. The number of amides is 1. The van der Waals surface area contributed by atoms with Gasteiger partial charge < -0.3 is 10.6 Å². The van der Waals surface area contributed by atoms with Crippen LogP contribution in [0.1, 0.15) is 21.5 Å². The summed E-state index contributed by atoms with van der Waals surface area (Å²) in [5, 5.41) is 6.28. The molecular formula is C22H23N3O. The monoisotopic (exact) mass is 345 g/mol. The van der Waals surface area contributed by atoms with Crippen LogP contribution in [-0.4, -0.2) is 24.0 Å². The van der Waals surface area contributed by atoms with Gasteiger partial charge in [-0.25, -0.2) is 0 Å². The number of hydrogen-bond acceptors (Lipinski definition) is 3. The highest BCUT2D eigenvalue weighted by Crippen LogP contribution is 2.09. The molecular weight excluding hydrogens is 322 g/mol. The molecule has 0 aliphatic heterocycles. The van der Waals surface area contributed by atoms with Gasteiger partial charge in [-0.1, -0.05) is 60.7 Å². The van der Waals surface area contributed by atoms with Gasteiger partial charge in [0, 0.05) is 25.5 Å². The lowest BCUT2D eigenvalue weighted by Crippen LogP contribution is -2.25. The lowest BCUT2D eigenvalue weighted by molar-refractivity contribution is 0.0954. The van der Waals surface area contributed by atoms with E-state index in [0.29, 0.717) is 12.1 Å². The minimum Gasteiger partial charge on any atom is -0.383 e. The summed E-state index contributed by atoms with van der Waals surface area (Å²) in [6, 6.07) is 22.3. The summed E-state index contributed by atoms with van der Waals surface area (Å²) in [5.41, 5.74) is 3.92. The van der Waals surface area contributed by atoms with E-state index in [1.807, 2.05) is 42.5 Å². The molecule has 2 N–H and O–H groups in total. The summed E-state index contributed by atoms with van der Waals surface area (Å²) in [6.45, 7) is 1.40. The van der Waals surface area contributed by atoms with Crippen LogP contribution in [0, 0.1) is 0 Å². The molecule has 132 valence electrons. The largest absolute Gasteiger partial charge is 0.383 e. The SMILES string of the molecule is O=C(NCCc1ccccc1)c1cncc(NCCc2ccccc2)c1. The Bertz CT molecular complexity index is 819. The second-order valence-corrected chi connectivity index (χ2v) is 6.12. The Morgan fingerprint density at radius 2 is 1.42 bits per heavy atom. The fraction of sp³-hybridized carbons (Fsp3) is 0.182. The highest BCUT2D eigenvalue weighted by atomic mass is 16.1. The molecule has 1 heterocycles. The molecule has 0 unspecified atom stereocenters. The maximum absolute atomic E-state index is 12.3. The first-order valence-electron chi connectivity index (χ1n) is 8.86. The van der Waals surface area contributed by atoms with Crippen molar-refractivity contribution in [2.45, 2.75) is 12.8 Å². The van der Waals surface area contributed by atoms with Gasteiger partial charge in [0.25, 0.3) is 5.91 Å². The number of anilines is 1. The van der Waals surface area contributed by atoms with Crippen LogP contribution < -0.4 is 10.6 Å². The van der Waals surface area contributed by atoms with E-state index in [1.165, 1.54) is 11.1 Å². The van der Waals surface area contributed by atoms with Crippen molar-refractivity contribution in [3.63, 3.8) is 0 Å². The summed E-state index contributed by atoms with van der Waals surface area (Å²) in [6.07, 6.45) is 5.08. The first kappa shape index (κ1) is 17.7. The highest BCUT2D eigenvalue weighted by Gasteiger charge is 2.06. The molecule has 0 aliphatic carbocycles. The van der Waals surface area contributed by atoms with Crippen LogP contribution in [-0.2, 0) is 12.8 Å². The van der Waals surface area contributed by atoms with Crippen molar-refractivity contribution in [2.75, 3.05) is 18.4 Å². The third-order valence-corrected chi connectivity index (χ3v) is 4.13. The lowest BCUT2D eigenvalue weighted by Gasteiger charge is -2.09. The van der Waals surface area contributed by atoms with Crippen molar-refractivity contribution in [3.8, 4) is 0 Å². The van der Waals surface area contributed by atoms with Gasteiger partial charge in [0.05, 0.1) is 11.3 Å². The molecule has 0 saturated carbocycles. The van der Waals surface area contributed by atoms with Crippen molar-refractivity contribution in [2.24, 2.45) is 0 Å². The molecule has 1 amide bonds. The topological polar surface area (TPSA) is 54.0 Å². The lowest BCUT2D eigenvalue weighted by atomic mass is 10.1.